The van der Waals surface area contributed by atoms with Gasteiger partial charge in [0.05, 0.1) is 20.3 Å². The van der Waals surface area contributed by atoms with Crippen LogP contribution in [0.5, 0.6) is 0 Å². The summed E-state index contributed by atoms with van der Waals surface area (Å²) in [5.74, 6) is -1.63. The molecule has 0 saturated heterocycles. The lowest BCUT2D eigenvalue weighted by atomic mass is 10.1. The lowest BCUT2D eigenvalue weighted by Crippen LogP contribution is -2.30. The number of hydrogen-bond acceptors (Lipinski definition) is 6. The number of rotatable bonds is 7. The van der Waals surface area contributed by atoms with Crippen molar-refractivity contribution in [1.29, 1.82) is 0 Å². The molecule has 7 nitrogen and oxygen atoms in total. The first-order chi connectivity index (χ1) is 13.5. The molecule has 0 aliphatic carbocycles. The fraction of sp³-hybridized carbons (Fsp3) is 0.190. The van der Waals surface area contributed by atoms with Crippen LogP contribution in [0.3, 0.4) is 0 Å². The lowest BCUT2D eigenvalue weighted by molar-refractivity contribution is -0.138. The van der Waals surface area contributed by atoms with E-state index in [0.29, 0.717) is 17.8 Å². The van der Waals surface area contributed by atoms with Crippen molar-refractivity contribution < 1.29 is 23.9 Å². The van der Waals surface area contributed by atoms with E-state index in [1.165, 1.54) is 14.2 Å². The molecule has 1 N–H and O–H groups in total. The number of methoxy groups -OCH3 is 2. The zero-order chi connectivity index (χ0) is 20.5. The molecule has 28 heavy (non-hydrogen) atoms. The van der Waals surface area contributed by atoms with Crippen LogP contribution < -0.4 is 10.2 Å². The number of nitrogens with zero attached hydrogens (tertiary/aromatic N) is 1. The van der Waals surface area contributed by atoms with Crippen molar-refractivity contribution in [1.82, 2.24) is 0 Å². The third-order valence-electron chi connectivity index (χ3n) is 3.89. The van der Waals surface area contributed by atoms with Gasteiger partial charge in [-0.2, -0.15) is 0 Å². The standard InChI is InChI=1S/C21H22N2O5/c1-4-23(17-11-6-5-7-12-17)20(25)15-9-8-10-16(13-15)22-18(21(26)28-3)14-19(24)27-2/h5-14,22H,4H2,1-3H3/b18-14+. The molecule has 2 aromatic rings. The molecular weight excluding hydrogens is 360 g/mol. The number of hydrogen-bond donors (Lipinski definition) is 1. The number of esters is 2. The largest absolute Gasteiger partial charge is 0.466 e. The summed E-state index contributed by atoms with van der Waals surface area (Å²) < 4.78 is 9.21. The van der Waals surface area contributed by atoms with E-state index >= 15 is 0 Å². The van der Waals surface area contributed by atoms with E-state index < -0.39 is 11.9 Å². The molecule has 0 heterocycles. The van der Waals surface area contributed by atoms with Crippen molar-refractivity contribution in [2.24, 2.45) is 0 Å². The maximum atomic E-state index is 12.9. The van der Waals surface area contributed by atoms with Gasteiger partial charge in [0.25, 0.3) is 5.91 Å². The van der Waals surface area contributed by atoms with E-state index in [4.69, 9.17) is 0 Å². The Bertz CT molecular complexity index is 877. The third kappa shape index (κ3) is 5.20. The first kappa shape index (κ1) is 20.7. The molecule has 0 aliphatic rings. The van der Waals surface area contributed by atoms with Crippen LogP contribution in [0.15, 0.2) is 66.4 Å². The van der Waals surface area contributed by atoms with Gasteiger partial charge in [-0.25, -0.2) is 9.59 Å². The third-order valence-corrected chi connectivity index (χ3v) is 3.89. The fourth-order valence-electron chi connectivity index (χ4n) is 2.53. The Morgan fingerprint density at radius 2 is 1.71 bits per heavy atom. The first-order valence-electron chi connectivity index (χ1n) is 8.62. The van der Waals surface area contributed by atoms with E-state index in [9.17, 15) is 14.4 Å². The van der Waals surface area contributed by atoms with Gasteiger partial charge in [0.1, 0.15) is 5.70 Å². The van der Waals surface area contributed by atoms with Gasteiger partial charge in [0.2, 0.25) is 0 Å². The molecule has 0 bridgehead atoms. The first-order valence-corrected chi connectivity index (χ1v) is 8.62. The maximum absolute atomic E-state index is 12.9. The highest BCUT2D eigenvalue weighted by molar-refractivity contribution is 6.07. The SMILES string of the molecule is CCN(C(=O)c1cccc(N/C(=C/C(=O)OC)C(=O)OC)c1)c1ccccc1. The Morgan fingerprint density at radius 1 is 1.00 bits per heavy atom. The fourth-order valence-corrected chi connectivity index (χ4v) is 2.53. The van der Waals surface area contributed by atoms with Gasteiger partial charge in [-0.05, 0) is 37.3 Å². The zero-order valence-corrected chi connectivity index (χ0v) is 16.0. The van der Waals surface area contributed by atoms with Gasteiger partial charge >= 0.3 is 11.9 Å². The van der Waals surface area contributed by atoms with Crippen LogP contribution in [0, 0.1) is 0 Å². The summed E-state index contributed by atoms with van der Waals surface area (Å²) in [4.78, 5) is 38.0. The smallest absolute Gasteiger partial charge is 0.354 e. The number of para-hydroxylation sites is 1. The van der Waals surface area contributed by atoms with Crippen LogP contribution in [0.25, 0.3) is 0 Å². The van der Waals surface area contributed by atoms with E-state index in [-0.39, 0.29) is 11.6 Å². The zero-order valence-electron chi connectivity index (χ0n) is 16.0. The molecule has 0 saturated carbocycles. The van der Waals surface area contributed by atoms with Gasteiger partial charge in [0.15, 0.2) is 0 Å². The average Bonchev–Trinajstić information content (AvgIpc) is 2.74. The molecule has 0 spiro atoms. The summed E-state index contributed by atoms with van der Waals surface area (Å²) in [6, 6.07) is 16.0. The minimum atomic E-state index is -0.735. The summed E-state index contributed by atoms with van der Waals surface area (Å²) in [6.07, 6.45) is 0.989. The van der Waals surface area contributed by atoms with Crippen LogP contribution in [-0.2, 0) is 19.1 Å². The van der Waals surface area contributed by atoms with E-state index in [1.807, 2.05) is 37.3 Å². The maximum Gasteiger partial charge on any atom is 0.354 e. The van der Waals surface area contributed by atoms with Crippen LogP contribution in [0.4, 0.5) is 11.4 Å². The summed E-state index contributed by atoms with van der Waals surface area (Å²) in [5.41, 5.74) is 1.57. The molecule has 2 aromatic carbocycles. The van der Waals surface area contributed by atoms with Gasteiger partial charge in [0, 0.05) is 23.5 Å². The van der Waals surface area contributed by atoms with Crippen LogP contribution in [0.2, 0.25) is 0 Å². The predicted octanol–water partition coefficient (Wildman–Crippen LogP) is 3.00. The molecular formula is C21H22N2O5. The highest BCUT2D eigenvalue weighted by Gasteiger charge is 2.17. The predicted molar refractivity (Wildman–Crippen MR) is 106 cm³/mol. The molecule has 7 heteroatoms. The Morgan fingerprint density at radius 3 is 2.32 bits per heavy atom. The number of nitrogens with one attached hydrogen (secondary N) is 1. The van der Waals surface area contributed by atoms with Crippen LogP contribution in [0.1, 0.15) is 17.3 Å². The van der Waals surface area contributed by atoms with E-state index in [1.54, 1.807) is 29.2 Å². The molecule has 0 fully saturated rings. The molecule has 0 aromatic heterocycles. The molecule has 0 atom stereocenters. The quantitative estimate of drug-likeness (QED) is 0.585. The number of carbonyl (C=O) groups excluding carboxylic acids is 3. The van der Waals surface area contributed by atoms with Crippen molar-refractivity contribution >= 4 is 29.2 Å². The molecule has 0 radical (unpaired) electrons. The van der Waals surface area contributed by atoms with Gasteiger partial charge in [-0.15, -0.1) is 0 Å². The number of benzene rings is 2. The van der Waals surface area contributed by atoms with Gasteiger partial charge < -0.3 is 19.7 Å². The Kier molecular flexibility index (Phi) is 7.33. The van der Waals surface area contributed by atoms with Crippen molar-refractivity contribution in [3.05, 3.63) is 71.9 Å². The highest BCUT2D eigenvalue weighted by atomic mass is 16.5. The minimum absolute atomic E-state index is 0.102. The van der Waals surface area contributed by atoms with Crippen molar-refractivity contribution in [2.75, 3.05) is 31.0 Å². The van der Waals surface area contributed by atoms with E-state index in [0.717, 1.165) is 11.8 Å². The molecule has 0 aliphatic heterocycles. The summed E-state index contributed by atoms with van der Waals surface area (Å²) >= 11 is 0. The number of anilines is 2. The second kappa shape index (κ2) is 9.91. The number of amides is 1. The van der Waals surface area contributed by atoms with Gasteiger partial charge in [-0.3, -0.25) is 4.79 Å². The lowest BCUT2D eigenvalue weighted by Gasteiger charge is -2.21. The summed E-state index contributed by atoms with van der Waals surface area (Å²) in [5, 5.41) is 2.80. The second-order valence-electron chi connectivity index (χ2n) is 5.66. The van der Waals surface area contributed by atoms with Crippen LogP contribution >= 0.6 is 0 Å². The monoisotopic (exact) mass is 382 g/mol. The average molecular weight is 382 g/mol. The van der Waals surface area contributed by atoms with Gasteiger partial charge in [-0.1, -0.05) is 24.3 Å². The Balaban J connectivity index is 2.29. The Labute approximate surface area is 163 Å². The van der Waals surface area contributed by atoms with Crippen molar-refractivity contribution in [2.45, 2.75) is 6.92 Å². The Hall–Kier alpha value is -3.61. The highest BCUT2D eigenvalue weighted by Crippen LogP contribution is 2.19. The minimum Gasteiger partial charge on any atom is -0.466 e. The van der Waals surface area contributed by atoms with Crippen molar-refractivity contribution in [3.63, 3.8) is 0 Å². The summed E-state index contributed by atoms with van der Waals surface area (Å²) in [6.45, 7) is 2.39. The number of ether oxygens (including phenoxy) is 2. The topological polar surface area (TPSA) is 84.9 Å². The second-order valence-corrected chi connectivity index (χ2v) is 5.66. The molecule has 146 valence electrons. The molecule has 1 amide bonds. The molecule has 2 rings (SSSR count). The summed E-state index contributed by atoms with van der Waals surface area (Å²) in [7, 11) is 2.41. The molecule has 0 unspecified atom stereocenters. The van der Waals surface area contributed by atoms with Crippen LogP contribution in [-0.4, -0.2) is 38.6 Å². The normalized spacial score (nSPS) is 10.8. The number of carbonyl (C=O) groups is 3. The van der Waals surface area contributed by atoms with Crippen molar-refractivity contribution in [3.8, 4) is 0 Å². The van der Waals surface area contributed by atoms with E-state index in [2.05, 4.69) is 14.8 Å².